The fourth-order valence-corrected chi connectivity index (χ4v) is 3.24. The van der Waals surface area contributed by atoms with Crippen LogP contribution in [-0.2, 0) is 0 Å². The maximum absolute atomic E-state index is 12.8. The number of rotatable bonds is 3. The van der Waals surface area contributed by atoms with Gasteiger partial charge in [0.25, 0.3) is 11.8 Å². The number of hydrogen-bond acceptors (Lipinski definition) is 3. The summed E-state index contributed by atoms with van der Waals surface area (Å²) < 4.78 is 1.70. The molecule has 0 atom stereocenters. The molecule has 1 aromatic carbocycles. The molecular weight excluding hydrogens is 328 g/mol. The van der Waals surface area contributed by atoms with E-state index in [0.29, 0.717) is 11.2 Å². The molecule has 4 rings (SSSR count). The van der Waals surface area contributed by atoms with E-state index in [1.54, 1.807) is 21.6 Å². The Morgan fingerprint density at radius 3 is 2.50 bits per heavy atom. The van der Waals surface area contributed by atoms with Gasteiger partial charge in [0.1, 0.15) is 0 Å². The van der Waals surface area contributed by atoms with E-state index in [-0.39, 0.29) is 23.3 Å². The molecule has 0 aliphatic carbocycles. The summed E-state index contributed by atoms with van der Waals surface area (Å²) in [6.07, 6.45) is 3.79. The SMILES string of the molecule is Cc1ccc(NC(=O)c2nc(C(=O)N3CCCC3)n3ccccc23)cc1. The van der Waals surface area contributed by atoms with Crippen molar-refractivity contribution in [3.05, 3.63) is 65.7 Å². The smallest absolute Gasteiger partial charge is 0.290 e. The number of aromatic nitrogens is 2. The molecule has 3 heterocycles. The minimum absolute atomic E-state index is 0.127. The first-order chi connectivity index (χ1) is 12.6. The number of fused-ring (bicyclic) bond motifs is 1. The average Bonchev–Trinajstić information content (AvgIpc) is 3.31. The third kappa shape index (κ3) is 2.94. The summed E-state index contributed by atoms with van der Waals surface area (Å²) in [6, 6.07) is 13.0. The summed E-state index contributed by atoms with van der Waals surface area (Å²) in [5, 5.41) is 2.86. The van der Waals surface area contributed by atoms with Crippen molar-refractivity contribution in [3.63, 3.8) is 0 Å². The number of aryl methyl sites for hydroxylation is 1. The van der Waals surface area contributed by atoms with Gasteiger partial charge in [-0.05, 0) is 44.0 Å². The molecule has 0 spiro atoms. The maximum atomic E-state index is 12.8. The van der Waals surface area contributed by atoms with Gasteiger partial charge in [-0.15, -0.1) is 0 Å². The number of imidazole rings is 1. The molecule has 2 aromatic heterocycles. The highest BCUT2D eigenvalue weighted by Crippen LogP contribution is 2.19. The summed E-state index contributed by atoms with van der Waals surface area (Å²) in [5.41, 5.74) is 2.70. The highest BCUT2D eigenvalue weighted by molar-refractivity contribution is 6.08. The van der Waals surface area contributed by atoms with Crippen LogP contribution in [0.2, 0.25) is 0 Å². The zero-order valence-corrected chi connectivity index (χ0v) is 14.6. The highest BCUT2D eigenvalue weighted by atomic mass is 16.2. The van der Waals surface area contributed by atoms with Crippen LogP contribution in [0.25, 0.3) is 5.52 Å². The molecule has 0 radical (unpaired) electrons. The van der Waals surface area contributed by atoms with E-state index >= 15 is 0 Å². The Morgan fingerprint density at radius 2 is 1.77 bits per heavy atom. The van der Waals surface area contributed by atoms with Crippen molar-refractivity contribution >= 4 is 23.0 Å². The lowest BCUT2D eigenvalue weighted by atomic mass is 10.2. The van der Waals surface area contributed by atoms with Gasteiger partial charge in [0.05, 0.1) is 5.52 Å². The van der Waals surface area contributed by atoms with E-state index in [4.69, 9.17) is 0 Å². The summed E-state index contributed by atoms with van der Waals surface area (Å²) in [5.74, 6) is -0.160. The van der Waals surface area contributed by atoms with E-state index in [9.17, 15) is 9.59 Å². The molecule has 2 amide bonds. The van der Waals surface area contributed by atoms with E-state index < -0.39 is 0 Å². The van der Waals surface area contributed by atoms with Crippen LogP contribution in [0.5, 0.6) is 0 Å². The molecule has 1 aliphatic rings. The van der Waals surface area contributed by atoms with Crippen molar-refractivity contribution in [1.82, 2.24) is 14.3 Å². The molecule has 1 fully saturated rings. The highest BCUT2D eigenvalue weighted by Gasteiger charge is 2.26. The summed E-state index contributed by atoms with van der Waals surface area (Å²) in [6.45, 7) is 3.47. The van der Waals surface area contributed by atoms with Crippen LogP contribution in [0.3, 0.4) is 0 Å². The zero-order chi connectivity index (χ0) is 18.1. The molecule has 1 N–H and O–H groups in total. The number of carbonyl (C=O) groups excluding carboxylic acids is 2. The number of nitrogens with one attached hydrogen (secondary N) is 1. The Kier molecular flexibility index (Phi) is 4.16. The van der Waals surface area contributed by atoms with E-state index in [1.807, 2.05) is 43.3 Å². The number of benzene rings is 1. The molecule has 132 valence electrons. The number of amides is 2. The second-order valence-electron chi connectivity index (χ2n) is 6.56. The van der Waals surface area contributed by atoms with Gasteiger partial charge < -0.3 is 10.2 Å². The summed E-state index contributed by atoms with van der Waals surface area (Å²) >= 11 is 0. The van der Waals surface area contributed by atoms with Gasteiger partial charge in [0.2, 0.25) is 5.82 Å². The Labute approximate surface area is 151 Å². The lowest BCUT2D eigenvalue weighted by molar-refractivity contribution is 0.0780. The van der Waals surface area contributed by atoms with E-state index in [2.05, 4.69) is 10.3 Å². The number of hydrogen-bond donors (Lipinski definition) is 1. The van der Waals surface area contributed by atoms with E-state index in [0.717, 1.165) is 31.5 Å². The molecular formula is C20H20N4O2. The number of carbonyl (C=O) groups is 2. The quantitative estimate of drug-likeness (QED) is 0.791. The van der Waals surface area contributed by atoms with Crippen LogP contribution in [0, 0.1) is 6.92 Å². The zero-order valence-electron chi connectivity index (χ0n) is 14.6. The normalized spacial score (nSPS) is 14.0. The van der Waals surface area contributed by atoms with Gasteiger partial charge in [-0.25, -0.2) is 4.98 Å². The minimum atomic E-state index is -0.321. The fraction of sp³-hybridized carbons (Fsp3) is 0.250. The number of likely N-dealkylation sites (tertiary alicyclic amines) is 1. The molecule has 0 bridgehead atoms. The molecule has 1 saturated heterocycles. The van der Waals surface area contributed by atoms with Crippen LogP contribution in [0.4, 0.5) is 5.69 Å². The third-order valence-corrected chi connectivity index (χ3v) is 4.66. The van der Waals surface area contributed by atoms with Gasteiger partial charge in [-0.3, -0.25) is 14.0 Å². The van der Waals surface area contributed by atoms with E-state index in [1.165, 1.54) is 0 Å². The van der Waals surface area contributed by atoms with Crippen LogP contribution < -0.4 is 5.32 Å². The lowest BCUT2D eigenvalue weighted by Crippen LogP contribution is -2.29. The van der Waals surface area contributed by atoms with Crippen molar-refractivity contribution in [3.8, 4) is 0 Å². The van der Waals surface area contributed by atoms with Crippen molar-refractivity contribution in [2.75, 3.05) is 18.4 Å². The predicted octanol–water partition coefficient (Wildman–Crippen LogP) is 3.13. The first kappa shape index (κ1) is 16.3. The molecule has 6 nitrogen and oxygen atoms in total. The average molecular weight is 348 g/mol. The molecule has 0 unspecified atom stereocenters. The van der Waals surface area contributed by atoms with Crippen LogP contribution in [0.1, 0.15) is 39.5 Å². The third-order valence-electron chi connectivity index (χ3n) is 4.66. The van der Waals surface area contributed by atoms with Crippen molar-refractivity contribution in [2.24, 2.45) is 0 Å². The number of anilines is 1. The van der Waals surface area contributed by atoms with Gasteiger partial charge in [0, 0.05) is 25.0 Å². The van der Waals surface area contributed by atoms with Crippen LogP contribution in [-0.4, -0.2) is 39.2 Å². The van der Waals surface area contributed by atoms with Gasteiger partial charge in [-0.2, -0.15) is 0 Å². The standard InChI is InChI=1S/C20H20N4O2/c1-14-7-9-15(10-8-14)21-19(25)17-16-6-2-3-13-24(16)18(22-17)20(26)23-11-4-5-12-23/h2-3,6-10,13H,4-5,11-12H2,1H3,(H,21,25). The number of pyridine rings is 1. The Balaban J connectivity index is 1.69. The second kappa shape index (κ2) is 6.63. The molecule has 1 aliphatic heterocycles. The Morgan fingerprint density at radius 1 is 1.04 bits per heavy atom. The predicted molar refractivity (Wildman–Crippen MR) is 99.5 cm³/mol. The Bertz CT molecular complexity index is 969. The van der Waals surface area contributed by atoms with Crippen molar-refractivity contribution in [2.45, 2.75) is 19.8 Å². The maximum Gasteiger partial charge on any atom is 0.290 e. The van der Waals surface area contributed by atoms with Gasteiger partial charge in [0.15, 0.2) is 5.69 Å². The molecule has 26 heavy (non-hydrogen) atoms. The summed E-state index contributed by atoms with van der Waals surface area (Å²) in [7, 11) is 0. The topological polar surface area (TPSA) is 66.7 Å². The first-order valence-corrected chi connectivity index (χ1v) is 8.78. The molecule has 6 heteroatoms. The van der Waals surface area contributed by atoms with Gasteiger partial charge >= 0.3 is 0 Å². The van der Waals surface area contributed by atoms with Crippen molar-refractivity contribution in [1.29, 1.82) is 0 Å². The minimum Gasteiger partial charge on any atom is -0.336 e. The monoisotopic (exact) mass is 348 g/mol. The van der Waals surface area contributed by atoms with Gasteiger partial charge in [-0.1, -0.05) is 23.8 Å². The molecule has 0 saturated carbocycles. The van der Waals surface area contributed by atoms with Crippen molar-refractivity contribution < 1.29 is 9.59 Å². The Hall–Kier alpha value is -3.15. The first-order valence-electron chi connectivity index (χ1n) is 8.78. The van der Waals surface area contributed by atoms with Crippen LogP contribution in [0.15, 0.2) is 48.7 Å². The fourth-order valence-electron chi connectivity index (χ4n) is 3.24. The lowest BCUT2D eigenvalue weighted by Gasteiger charge is -2.13. The second-order valence-corrected chi connectivity index (χ2v) is 6.56. The summed E-state index contributed by atoms with van der Waals surface area (Å²) in [4.78, 5) is 31.8. The largest absolute Gasteiger partial charge is 0.336 e. The number of nitrogens with zero attached hydrogens (tertiary/aromatic N) is 3. The van der Waals surface area contributed by atoms with Crippen LogP contribution >= 0.6 is 0 Å². The molecule has 3 aromatic rings.